The summed E-state index contributed by atoms with van der Waals surface area (Å²) in [6.07, 6.45) is 2.74. The Kier molecular flexibility index (Phi) is 5.31. The molecule has 0 fully saturated rings. The van der Waals surface area contributed by atoms with Crippen LogP contribution in [0.15, 0.2) is 46.6 Å². The van der Waals surface area contributed by atoms with Gasteiger partial charge in [-0.05, 0) is 29.8 Å². The van der Waals surface area contributed by atoms with Gasteiger partial charge in [-0.25, -0.2) is 0 Å². The fraction of sp³-hybridized carbons (Fsp3) is 0.125. The summed E-state index contributed by atoms with van der Waals surface area (Å²) in [5.74, 6) is 0.0334. The number of methoxy groups -OCH3 is 1. The minimum atomic E-state index is -0.604. The van der Waals surface area contributed by atoms with E-state index in [0.29, 0.717) is 11.3 Å². The maximum absolute atomic E-state index is 12.0. The van der Waals surface area contributed by atoms with Gasteiger partial charge in [0.05, 0.1) is 24.8 Å². The first-order valence-corrected chi connectivity index (χ1v) is 6.80. The third kappa shape index (κ3) is 3.98. The highest BCUT2D eigenvalue weighted by molar-refractivity contribution is 6.01. The van der Waals surface area contributed by atoms with Gasteiger partial charge in [0, 0.05) is 6.07 Å². The topological polar surface area (TPSA) is 118 Å². The van der Waals surface area contributed by atoms with Gasteiger partial charge in [0.2, 0.25) is 0 Å². The van der Waals surface area contributed by atoms with Crippen LogP contribution < -0.4 is 10.1 Å². The Morgan fingerprint density at radius 1 is 1.50 bits per heavy atom. The van der Waals surface area contributed by atoms with Crippen LogP contribution in [0.1, 0.15) is 11.3 Å². The number of nitro groups is 1. The van der Waals surface area contributed by atoms with Crippen molar-refractivity contribution in [3.8, 4) is 11.8 Å². The molecule has 0 bridgehead atoms. The van der Waals surface area contributed by atoms with E-state index in [9.17, 15) is 14.9 Å². The van der Waals surface area contributed by atoms with Crippen LogP contribution in [0.3, 0.4) is 0 Å². The summed E-state index contributed by atoms with van der Waals surface area (Å²) in [7, 11) is 1.32. The third-order valence-corrected chi connectivity index (χ3v) is 3.08. The van der Waals surface area contributed by atoms with Crippen molar-refractivity contribution in [2.24, 2.45) is 0 Å². The van der Waals surface area contributed by atoms with Crippen LogP contribution >= 0.6 is 0 Å². The molecule has 0 spiro atoms. The summed E-state index contributed by atoms with van der Waals surface area (Å²) >= 11 is 0. The molecule has 1 N–H and O–H groups in total. The van der Waals surface area contributed by atoms with E-state index in [1.54, 1.807) is 18.2 Å². The number of ether oxygens (including phenoxy) is 1. The Morgan fingerprint density at radius 3 is 2.88 bits per heavy atom. The molecule has 2 aromatic rings. The Balaban J connectivity index is 2.20. The molecule has 1 amide bonds. The zero-order valence-electron chi connectivity index (χ0n) is 12.7. The first-order chi connectivity index (χ1) is 11.5. The number of carbonyl (C=O) groups excluding carboxylic acids is 1. The number of nitrogens with zero attached hydrogens (tertiary/aromatic N) is 2. The fourth-order valence-corrected chi connectivity index (χ4v) is 1.93. The summed E-state index contributed by atoms with van der Waals surface area (Å²) in [5, 5.41) is 22.7. The quantitative estimate of drug-likeness (QED) is 0.377. The summed E-state index contributed by atoms with van der Waals surface area (Å²) in [5.41, 5.74) is -0.0900. The van der Waals surface area contributed by atoms with Crippen LogP contribution in [-0.4, -0.2) is 17.9 Å². The lowest BCUT2D eigenvalue weighted by atomic mass is 10.1. The summed E-state index contributed by atoms with van der Waals surface area (Å²) in [4.78, 5) is 22.4. The van der Waals surface area contributed by atoms with E-state index in [1.165, 1.54) is 37.6 Å². The predicted molar refractivity (Wildman–Crippen MR) is 83.8 cm³/mol. The Bertz CT molecular complexity index is 819. The van der Waals surface area contributed by atoms with Crippen molar-refractivity contribution in [1.29, 1.82) is 5.26 Å². The van der Waals surface area contributed by atoms with Crippen molar-refractivity contribution in [1.82, 2.24) is 5.32 Å². The smallest absolute Gasteiger partial charge is 0.311 e. The molecule has 0 aliphatic rings. The minimum Gasteiger partial charge on any atom is -0.490 e. The van der Waals surface area contributed by atoms with Crippen LogP contribution in [-0.2, 0) is 11.3 Å². The normalized spacial score (nSPS) is 10.8. The van der Waals surface area contributed by atoms with Gasteiger partial charge in [-0.1, -0.05) is 6.07 Å². The monoisotopic (exact) mass is 327 g/mol. The summed E-state index contributed by atoms with van der Waals surface area (Å²) < 4.78 is 9.98. The molecule has 0 aliphatic heterocycles. The molecule has 1 aromatic carbocycles. The van der Waals surface area contributed by atoms with Crippen molar-refractivity contribution in [3.63, 3.8) is 0 Å². The fourth-order valence-electron chi connectivity index (χ4n) is 1.93. The van der Waals surface area contributed by atoms with Crippen LogP contribution in [0.2, 0.25) is 0 Å². The lowest BCUT2D eigenvalue weighted by Gasteiger charge is -2.04. The first-order valence-electron chi connectivity index (χ1n) is 6.80. The van der Waals surface area contributed by atoms with E-state index in [4.69, 9.17) is 14.4 Å². The van der Waals surface area contributed by atoms with Gasteiger partial charge in [-0.15, -0.1) is 0 Å². The van der Waals surface area contributed by atoms with Gasteiger partial charge in [-0.2, -0.15) is 5.26 Å². The maximum Gasteiger partial charge on any atom is 0.311 e. The zero-order chi connectivity index (χ0) is 17.5. The highest BCUT2D eigenvalue weighted by atomic mass is 16.6. The molecule has 0 radical (unpaired) electrons. The van der Waals surface area contributed by atoms with E-state index in [-0.39, 0.29) is 23.6 Å². The van der Waals surface area contributed by atoms with Crippen LogP contribution in [0.25, 0.3) is 6.08 Å². The summed E-state index contributed by atoms with van der Waals surface area (Å²) in [6.45, 7) is 0.133. The molecule has 0 saturated carbocycles. The van der Waals surface area contributed by atoms with Gasteiger partial charge in [0.15, 0.2) is 5.75 Å². The van der Waals surface area contributed by atoms with Gasteiger partial charge in [0.25, 0.3) is 5.91 Å². The number of hydrogen-bond acceptors (Lipinski definition) is 6. The molecule has 0 atom stereocenters. The van der Waals surface area contributed by atoms with Crippen LogP contribution in [0.5, 0.6) is 5.75 Å². The van der Waals surface area contributed by atoms with E-state index < -0.39 is 10.8 Å². The minimum absolute atomic E-state index is 0.0953. The average molecular weight is 327 g/mol. The van der Waals surface area contributed by atoms with Crippen molar-refractivity contribution in [2.75, 3.05) is 7.11 Å². The molecule has 1 aromatic heterocycles. The number of nitro benzene ring substituents is 1. The maximum atomic E-state index is 12.0. The average Bonchev–Trinajstić information content (AvgIpc) is 3.10. The van der Waals surface area contributed by atoms with Gasteiger partial charge < -0.3 is 14.5 Å². The van der Waals surface area contributed by atoms with E-state index in [2.05, 4.69) is 5.32 Å². The highest BCUT2D eigenvalue weighted by Crippen LogP contribution is 2.28. The predicted octanol–water partition coefficient (Wildman–Crippen LogP) is 2.42. The molecule has 0 saturated heterocycles. The number of nitriles is 1. The highest BCUT2D eigenvalue weighted by Gasteiger charge is 2.16. The van der Waals surface area contributed by atoms with Gasteiger partial charge in [-0.3, -0.25) is 14.9 Å². The number of benzene rings is 1. The second kappa shape index (κ2) is 7.60. The van der Waals surface area contributed by atoms with E-state index in [1.807, 2.05) is 0 Å². The number of carbonyl (C=O) groups is 1. The van der Waals surface area contributed by atoms with Crippen molar-refractivity contribution < 1.29 is 18.9 Å². The molecule has 0 aliphatic carbocycles. The number of nitrogens with one attached hydrogen (secondary N) is 1. The standard InChI is InChI=1S/C16H13N3O5/c1-23-15-5-4-11(8-14(15)19(21)22)7-12(9-17)16(20)18-10-13-3-2-6-24-13/h2-8H,10H2,1H3,(H,18,20). The molecule has 0 unspecified atom stereocenters. The second-order valence-corrected chi connectivity index (χ2v) is 4.62. The number of amides is 1. The van der Waals surface area contributed by atoms with Gasteiger partial charge >= 0.3 is 5.69 Å². The molecule has 122 valence electrons. The van der Waals surface area contributed by atoms with Crippen LogP contribution in [0.4, 0.5) is 5.69 Å². The third-order valence-electron chi connectivity index (χ3n) is 3.08. The molecule has 8 heteroatoms. The van der Waals surface area contributed by atoms with Crippen molar-refractivity contribution >= 4 is 17.7 Å². The lowest BCUT2D eigenvalue weighted by molar-refractivity contribution is -0.385. The zero-order valence-corrected chi connectivity index (χ0v) is 12.7. The number of hydrogen-bond donors (Lipinski definition) is 1. The lowest BCUT2D eigenvalue weighted by Crippen LogP contribution is -2.23. The number of rotatable bonds is 6. The van der Waals surface area contributed by atoms with E-state index >= 15 is 0 Å². The largest absolute Gasteiger partial charge is 0.490 e. The van der Waals surface area contributed by atoms with Crippen molar-refractivity contribution in [2.45, 2.75) is 6.54 Å². The van der Waals surface area contributed by atoms with Gasteiger partial charge in [0.1, 0.15) is 17.4 Å². The Hall–Kier alpha value is -3.60. The van der Waals surface area contributed by atoms with Crippen molar-refractivity contribution in [3.05, 3.63) is 63.6 Å². The second-order valence-electron chi connectivity index (χ2n) is 4.62. The molecule has 1 heterocycles. The molecule has 2 rings (SSSR count). The molecular formula is C16H13N3O5. The van der Waals surface area contributed by atoms with Crippen LogP contribution in [0, 0.1) is 21.4 Å². The Labute approximate surface area is 137 Å². The molecule has 24 heavy (non-hydrogen) atoms. The summed E-state index contributed by atoms with van der Waals surface area (Å²) in [6, 6.07) is 9.29. The SMILES string of the molecule is COc1ccc(C=C(C#N)C(=O)NCc2ccco2)cc1[N+](=O)[O-]. The molecule has 8 nitrogen and oxygen atoms in total. The first kappa shape index (κ1) is 16.8. The Morgan fingerprint density at radius 2 is 2.29 bits per heavy atom. The van der Waals surface area contributed by atoms with E-state index in [0.717, 1.165) is 0 Å². The molecular weight excluding hydrogens is 314 g/mol. The number of furan rings is 1.